The van der Waals surface area contributed by atoms with Gasteiger partial charge in [0.25, 0.3) is 0 Å². The second-order valence-corrected chi connectivity index (χ2v) is 7.25. The largest absolute Gasteiger partial charge is 0.310 e. The van der Waals surface area contributed by atoms with Gasteiger partial charge >= 0.3 is 0 Å². The molecule has 0 aromatic rings. The van der Waals surface area contributed by atoms with E-state index in [2.05, 4.69) is 24.1 Å². The van der Waals surface area contributed by atoms with Crippen molar-refractivity contribution in [3.8, 4) is 0 Å². The molecule has 0 spiro atoms. The Labute approximate surface area is 91.9 Å². The first kappa shape index (κ1) is 11.4. The molecule has 5 heteroatoms. The van der Waals surface area contributed by atoms with E-state index in [1.807, 2.05) is 0 Å². The number of nitrogens with zero attached hydrogens (tertiary/aromatic N) is 1. The number of hydrogen-bond donors (Lipinski definition) is 1. The lowest BCUT2D eigenvalue weighted by atomic mass is 10.1. The van der Waals surface area contributed by atoms with Crippen molar-refractivity contribution >= 4 is 9.84 Å². The van der Waals surface area contributed by atoms with Gasteiger partial charge in [-0.2, -0.15) is 0 Å². The first-order chi connectivity index (χ1) is 6.98. The number of nitrogens with one attached hydrogen (secondary N) is 1. The molecule has 0 aromatic carbocycles. The van der Waals surface area contributed by atoms with Crippen molar-refractivity contribution < 1.29 is 8.42 Å². The topological polar surface area (TPSA) is 49.4 Å². The normalized spacial score (nSPS) is 35.7. The average molecular weight is 232 g/mol. The van der Waals surface area contributed by atoms with Crippen LogP contribution in [0.4, 0.5) is 0 Å². The van der Waals surface area contributed by atoms with E-state index >= 15 is 0 Å². The third kappa shape index (κ3) is 2.52. The minimum Gasteiger partial charge on any atom is -0.310 e. The van der Waals surface area contributed by atoms with Gasteiger partial charge in [0.05, 0.1) is 11.5 Å². The minimum absolute atomic E-state index is 0.169. The molecule has 2 aliphatic heterocycles. The van der Waals surface area contributed by atoms with E-state index in [-0.39, 0.29) is 12.1 Å². The SMILES string of the molecule is CC(C)CN1CCN[C@H]2CS(=O)(=O)C[C@H]21. The van der Waals surface area contributed by atoms with Crippen LogP contribution in [0.3, 0.4) is 0 Å². The van der Waals surface area contributed by atoms with Crippen molar-refractivity contribution in [1.29, 1.82) is 0 Å². The van der Waals surface area contributed by atoms with E-state index in [0.29, 0.717) is 17.4 Å². The van der Waals surface area contributed by atoms with Gasteiger partial charge in [0.15, 0.2) is 9.84 Å². The molecule has 0 unspecified atom stereocenters. The van der Waals surface area contributed by atoms with Crippen molar-refractivity contribution in [3.63, 3.8) is 0 Å². The highest BCUT2D eigenvalue weighted by Crippen LogP contribution is 2.21. The third-order valence-corrected chi connectivity index (χ3v) is 4.91. The highest BCUT2D eigenvalue weighted by molar-refractivity contribution is 7.91. The Morgan fingerprint density at radius 1 is 1.40 bits per heavy atom. The monoisotopic (exact) mass is 232 g/mol. The summed E-state index contributed by atoms with van der Waals surface area (Å²) in [5.74, 6) is 1.27. The Morgan fingerprint density at radius 2 is 2.13 bits per heavy atom. The third-order valence-electron chi connectivity index (χ3n) is 3.20. The van der Waals surface area contributed by atoms with E-state index in [9.17, 15) is 8.42 Å². The molecule has 2 rings (SSSR count). The fraction of sp³-hybridized carbons (Fsp3) is 1.00. The maximum atomic E-state index is 11.6. The first-order valence-electron chi connectivity index (χ1n) is 5.66. The molecule has 2 saturated heterocycles. The van der Waals surface area contributed by atoms with E-state index in [4.69, 9.17) is 0 Å². The molecule has 2 aliphatic rings. The lowest BCUT2D eigenvalue weighted by Crippen LogP contribution is -2.57. The van der Waals surface area contributed by atoms with E-state index in [1.165, 1.54) is 0 Å². The number of piperazine rings is 1. The smallest absolute Gasteiger partial charge is 0.153 e. The molecule has 88 valence electrons. The number of fused-ring (bicyclic) bond motifs is 1. The van der Waals surface area contributed by atoms with Gasteiger partial charge in [0, 0.05) is 31.7 Å². The molecule has 0 radical (unpaired) electrons. The molecule has 0 aliphatic carbocycles. The van der Waals surface area contributed by atoms with Gasteiger partial charge in [0.1, 0.15) is 0 Å². The van der Waals surface area contributed by atoms with Crippen LogP contribution in [0.1, 0.15) is 13.8 Å². The summed E-state index contributed by atoms with van der Waals surface area (Å²) in [7, 11) is -2.80. The van der Waals surface area contributed by atoms with Crippen LogP contribution >= 0.6 is 0 Å². The predicted octanol–water partition coefficient (Wildman–Crippen LogP) is -0.287. The zero-order valence-electron chi connectivity index (χ0n) is 9.44. The van der Waals surface area contributed by atoms with Crippen LogP contribution in [0.5, 0.6) is 0 Å². The van der Waals surface area contributed by atoms with Crippen LogP contribution in [-0.4, -0.2) is 56.5 Å². The number of hydrogen-bond acceptors (Lipinski definition) is 4. The number of rotatable bonds is 2. The maximum absolute atomic E-state index is 11.6. The fourth-order valence-corrected chi connectivity index (χ4v) is 4.63. The van der Waals surface area contributed by atoms with Gasteiger partial charge in [-0.1, -0.05) is 13.8 Å². The molecule has 0 bridgehead atoms. The Morgan fingerprint density at radius 3 is 2.80 bits per heavy atom. The summed E-state index contributed by atoms with van der Waals surface area (Å²) in [4.78, 5) is 2.34. The molecule has 1 N–H and O–H groups in total. The maximum Gasteiger partial charge on any atom is 0.153 e. The molecule has 0 amide bonds. The summed E-state index contributed by atoms with van der Waals surface area (Å²) in [6, 6.07) is 0.383. The van der Waals surface area contributed by atoms with Crippen LogP contribution in [0.15, 0.2) is 0 Å². The van der Waals surface area contributed by atoms with Crippen molar-refractivity contribution in [3.05, 3.63) is 0 Å². The molecular weight excluding hydrogens is 212 g/mol. The van der Waals surface area contributed by atoms with Crippen LogP contribution in [0, 0.1) is 5.92 Å². The lowest BCUT2D eigenvalue weighted by molar-refractivity contribution is 0.133. The quantitative estimate of drug-likeness (QED) is 0.711. The number of sulfone groups is 1. The Bertz CT molecular complexity index is 326. The minimum atomic E-state index is -2.80. The van der Waals surface area contributed by atoms with Gasteiger partial charge in [0.2, 0.25) is 0 Å². The summed E-state index contributed by atoms with van der Waals surface area (Å²) < 4.78 is 23.1. The summed E-state index contributed by atoms with van der Waals surface area (Å²) in [6.07, 6.45) is 0. The molecule has 2 fully saturated rings. The van der Waals surface area contributed by atoms with E-state index < -0.39 is 9.84 Å². The van der Waals surface area contributed by atoms with Crippen molar-refractivity contribution in [1.82, 2.24) is 10.2 Å². The molecule has 0 saturated carbocycles. The summed E-state index contributed by atoms with van der Waals surface area (Å²) >= 11 is 0. The fourth-order valence-electron chi connectivity index (χ4n) is 2.64. The lowest BCUT2D eigenvalue weighted by Gasteiger charge is -2.38. The zero-order chi connectivity index (χ0) is 11.1. The molecule has 4 nitrogen and oxygen atoms in total. The second-order valence-electron chi connectivity index (χ2n) is 5.09. The van der Waals surface area contributed by atoms with Crippen LogP contribution in [0.25, 0.3) is 0 Å². The van der Waals surface area contributed by atoms with Gasteiger partial charge in [-0.3, -0.25) is 4.90 Å². The van der Waals surface area contributed by atoms with Gasteiger partial charge < -0.3 is 5.32 Å². The predicted molar refractivity (Wildman–Crippen MR) is 60.6 cm³/mol. The van der Waals surface area contributed by atoms with Crippen molar-refractivity contribution in [2.24, 2.45) is 5.92 Å². The van der Waals surface area contributed by atoms with Crippen LogP contribution in [-0.2, 0) is 9.84 Å². The zero-order valence-corrected chi connectivity index (χ0v) is 10.3. The molecular formula is C10H20N2O2S. The van der Waals surface area contributed by atoms with Crippen molar-refractivity contribution in [2.75, 3.05) is 31.1 Å². The summed E-state index contributed by atoms with van der Waals surface area (Å²) in [6.45, 7) is 7.28. The van der Waals surface area contributed by atoms with Gasteiger partial charge in [-0.15, -0.1) is 0 Å². The first-order valence-corrected chi connectivity index (χ1v) is 7.48. The highest BCUT2D eigenvalue weighted by atomic mass is 32.2. The summed E-state index contributed by atoms with van der Waals surface area (Å²) in [5.41, 5.74) is 0. The van der Waals surface area contributed by atoms with E-state index in [1.54, 1.807) is 0 Å². The molecule has 15 heavy (non-hydrogen) atoms. The van der Waals surface area contributed by atoms with Gasteiger partial charge in [-0.05, 0) is 5.92 Å². The van der Waals surface area contributed by atoms with Gasteiger partial charge in [-0.25, -0.2) is 8.42 Å². The van der Waals surface area contributed by atoms with Crippen LogP contribution < -0.4 is 5.32 Å². The molecule has 2 heterocycles. The Hall–Kier alpha value is -0.130. The highest BCUT2D eigenvalue weighted by Gasteiger charge is 2.42. The standard InChI is InChI=1S/C10H20N2O2S/c1-8(2)5-12-4-3-11-9-6-15(13,14)7-10(9)12/h8-11H,3-7H2,1-2H3/t9-,10+/m0/s1. The van der Waals surface area contributed by atoms with E-state index in [0.717, 1.165) is 19.6 Å². The Kier molecular flexibility index (Phi) is 3.05. The Balaban J connectivity index is 2.08. The van der Waals surface area contributed by atoms with Crippen LogP contribution in [0.2, 0.25) is 0 Å². The molecule has 2 atom stereocenters. The second kappa shape index (κ2) is 4.03. The summed E-state index contributed by atoms with van der Waals surface area (Å²) in [5, 5.41) is 3.32. The molecule has 0 aromatic heterocycles. The average Bonchev–Trinajstić information content (AvgIpc) is 2.39. The van der Waals surface area contributed by atoms with Crippen molar-refractivity contribution in [2.45, 2.75) is 25.9 Å².